The van der Waals surface area contributed by atoms with Gasteiger partial charge in [0.25, 0.3) is 15.9 Å². The van der Waals surface area contributed by atoms with E-state index in [1.165, 1.54) is 35.6 Å². The van der Waals surface area contributed by atoms with Crippen molar-refractivity contribution in [3.05, 3.63) is 89.7 Å². The van der Waals surface area contributed by atoms with Gasteiger partial charge in [-0.1, -0.05) is 23.8 Å². The van der Waals surface area contributed by atoms with Crippen molar-refractivity contribution in [3.63, 3.8) is 0 Å². The molecule has 1 amide bonds. The highest BCUT2D eigenvalue weighted by molar-refractivity contribution is 7.92. The van der Waals surface area contributed by atoms with Crippen LogP contribution in [-0.2, 0) is 10.0 Å². The summed E-state index contributed by atoms with van der Waals surface area (Å²) in [5.41, 5.74) is 2.85. The number of sulfonamides is 1. The van der Waals surface area contributed by atoms with E-state index < -0.39 is 10.0 Å². The average Bonchev–Trinajstić information content (AvgIpc) is 3.32. The Labute approximate surface area is 200 Å². The summed E-state index contributed by atoms with van der Waals surface area (Å²) in [6.45, 7) is 4.02. The van der Waals surface area contributed by atoms with E-state index in [1.54, 1.807) is 36.4 Å². The molecule has 0 saturated carbocycles. The zero-order chi connectivity index (χ0) is 24.3. The van der Waals surface area contributed by atoms with Gasteiger partial charge in [0.05, 0.1) is 10.6 Å². The van der Waals surface area contributed by atoms with E-state index in [1.807, 2.05) is 19.1 Å². The fourth-order valence-corrected chi connectivity index (χ4v) is 5.32. The minimum absolute atomic E-state index is 0.0616. The highest BCUT2D eigenvalue weighted by Crippen LogP contribution is 2.25. The molecule has 1 saturated heterocycles. The number of rotatable bonds is 7. The van der Waals surface area contributed by atoms with E-state index in [9.17, 15) is 17.6 Å². The third kappa shape index (κ3) is 5.22. The lowest BCUT2D eigenvalue weighted by Crippen LogP contribution is -2.31. The van der Waals surface area contributed by atoms with Crippen LogP contribution in [0.15, 0.2) is 77.7 Å². The second-order valence-corrected chi connectivity index (χ2v) is 10.6. The number of benzene rings is 3. The Hall–Kier alpha value is -3.39. The number of halogens is 1. The number of anilines is 2. The van der Waals surface area contributed by atoms with Gasteiger partial charge in [-0.2, -0.15) is 0 Å². The molecule has 1 atom stereocenters. The van der Waals surface area contributed by atoms with E-state index in [0.717, 1.165) is 30.8 Å². The van der Waals surface area contributed by atoms with Crippen LogP contribution in [0, 0.1) is 18.7 Å². The Bertz CT molecular complexity index is 1260. The molecule has 6 nitrogen and oxygen atoms in total. The van der Waals surface area contributed by atoms with Gasteiger partial charge in [0.15, 0.2) is 0 Å². The number of amides is 1. The van der Waals surface area contributed by atoms with Gasteiger partial charge in [-0.15, -0.1) is 0 Å². The molecular weight excluding hydrogens is 453 g/mol. The Morgan fingerprint density at radius 2 is 1.79 bits per heavy atom. The number of carbonyl (C=O) groups is 1. The predicted molar refractivity (Wildman–Crippen MR) is 132 cm³/mol. The molecule has 0 radical (unpaired) electrons. The lowest BCUT2D eigenvalue weighted by Gasteiger charge is -2.20. The van der Waals surface area contributed by atoms with Gasteiger partial charge in [-0.3, -0.25) is 9.10 Å². The van der Waals surface area contributed by atoms with Crippen LogP contribution in [0.4, 0.5) is 15.8 Å². The van der Waals surface area contributed by atoms with Gasteiger partial charge in [-0.25, -0.2) is 12.8 Å². The van der Waals surface area contributed by atoms with Crippen molar-refractivity contribution in [1.29, 1.82) is 0 Å². The third-order valence-electron chi connectivity index (χ3n) is 6.18. The SMILES string of the molecule is Cc1ccc(N(C)S(=O)(=O)c2cccc(C(=O)NCC3CCN(c4ccc(F)cc4)C3)c2)cc1. The molecule has 1 unspecified atom stereocenters. The molecule has 178 valence electrons. The number of nitrogens with zero attached hydrogens (tertiary/aromatic N) is 2. The molecule has 3 aromatic rings. The molecule has 0 aliphatic carbocycles. The third-order valence-corrected chi connectivity index (χ3v) is 7.96. The maximum Gasteiger partial charge on any atom is 0.264 e. The maximum atomic E-state index is 13.2. The van der Waals surface area contributed by atoms with Crippen molar-refractivity contribution < 1.29 is 17.6 Å². The minimum Gasteiger partial charge on any atom is -0.371 e. The van der Waals surface area contributed by atoms with Crippen molar-refractivity contribution in [2.45, 2.75) is 18.2 Å². The van der Waals surface area contributed by atoms with Crippen LogP contribution >= 0.6 is 0 Å². The molecule has 0 aromatic heterocycles. The smallest absolute Gasteiger partial charge is 0.264 e. The molecule has 3 aromatic carbocycles. The average molecular weight is 482 g/mol. The van der Waals surface area contributed by atoms with Crippen LogP contribution in [0.1, 0.15) is 22.3 Å². The van der Waals surface area contributed by atoms with Crippen LogP contribution in [0.25, 0.3) is 0 Å². The van der Waals surface area contributed by atoms with Crippen molar-refractivity contribution in [1.82, 2.24) is 5.32 Å². The van der Waals surface area contributed by atoms with Gasteiger partial charge in [0.2, 0.25) is 0 Å². The summed E-state index contributed by atoms with van der Waals surface area (Å²) in [5, 5.41) is 2.93. The predicted octanol–water partition coefficient (Wildman–Crippen LogP) is 4.22. The minimum atomic E-state index is -3.81. The number of aryl methyl sites for hydroxylation is 1. The molecule has 4 rings (SSSR count). The van der Waals surface area contributed by atoms with Crippen molar-refractivity contribution in [2.24, 2.45) is 5.92 Å². The van der Waals surface area contributed by atoms with Crippen molar-refractivity contribution >= 4 is 27.3 Å². The van der Waals surface area contributed by atoms with E-state index in [0.29, 0.717) is 17.8 Å². The Balaban J connectivity index is 1.39. The highest BCUT2D eigenvalue weighted by Gasteiger charge is 2.25. The topological polar surface area (TPSA) is 69.7 Å². The van der Waals surface area contributed by atoms with Gasteiger partial charge in [-0.05, 0) is 73.9 Å². The van der Waals surface area contributed by atoms with Gasteiger partial charge >= 0.3 is 0 Å². The van der Waals surface area contributed by atoms with Gasteiger partial charge in [0.1, 0.15) is 5.82 Å². The van der Waals surface area contributed by atoms with Gasteiger partial charge < -0.3 is 10.2 Å². The summed E-state index contributed by atoms with van der Waals surface area (Å²) < 4.78 is 40.6. The first-order valence-corrected chi connectivity index (χ1v) is 12.6. The lowest BCUT2D eigenvalue weighted by molar-refractivity contribution is 0.0948. The monoisotopic (exact) mass is 481 g/mol. The molecule has 1 heterocycles. The fourth-order valence-electron chi connectivity index (χ4n) is 4.07. The highest BCUT2D eigenvalue weighted by atomic mass is 32.2. The van der Waals surface area contributed by atoms with Crippen LogP contribution in [0.2, 0.25) is 0 Å². The number of carbonyl (C=O) groups excluding carboxylic acids is 1. The van der Waals surface area contributed by atoms with Crippen LogP contribution in [0.3, 0.4) is 0 Å². The Morgan fingerprint density at radius 3 is 2.50 bits per heavy atom. The normalized spacial score (nSPS) is 15.9. The summed E-state index contributed by atoms with van der Waals surface area (Å²) in [5.74, 6) is -0.315. The number of hydrogen-bond acceptors (Lipinski definition) is 4. The molecule has 0 bridgehead atoms. The number of nitrogens with one attached hydrogen (secondary N) is 1. The number of hydrogen-bond donors (Lipinski definition) is 1. The Morgan fingerprint density at radius 1 is 1.09 bits per heavy atom. The van der Waals surface area contributed by atoms with E-state index in [2.05, 4.69) is 10.2 Å². The largest absolute Gasteiger partial charge is 0.371 e. The van der Waals surface area contributed by atoms with Crippen LogP contribution < -0.4 is 14.5 Å². The maximum absolute atomic E-state index is 13.2. The van der Waals surface area contributed by atoms with Crippen molar-refractivity contribution in [3.8, 4) is 0 Å². The molecule has 8 heteroatoms. The molecule has 1 N–H and O–H groups in total. The van der Waals surface area contributed by atoms with E-state index >= 15 is 0 Å². The first-order chi connectivity index (χ1) is 16.2. The second kappa shape index (κ2) is 9.85. The summed E-state index contributed by atoms with van der Waals surface area (Å²) in [4.78, 5) is 15.0. The zero-order valence-electron chi connectivity index (χ0n) is 19.2. The summed E-state index contributed by atoms with van der Waals surface area (Å²) >= 11 is 0. The fraction of sp³-hybridized carbons (Fsp3) is 0.269. The van der Waals surface area contributed by atoms with E-state index in [4.69, 9.17) is 0 Å². The summed E-state index contributed by atoms with van der Waals surface area (Å²) in [6.07, 6.45) is 0.910. The molecular formula is C26H28FN3O3S. The second-order valence-electron chi connectivity index (χ2n) is 8.62. The molecule has 0 spiro atoms. The lowest BCUT2D eigenvalue weighted by atomic mass is 10.1. The first-order valence-electron chi connectivity index (χ1n) is 11.2. The van der Waals surface area contributed by atoms with Crippen LogP contribution in [0.5, 0.6) is 0 Å². The van der Waals surface area contributed by atoms with Gasteiger partial charge in [0, 0.05) is 37.9 Å². The molecule has 1 aliphatic heterocycles. The zero-order valence-corrected chi connectivity index (χ0v) is 20.1. The summed E-state index contributed by atoms with van der Waals surface area (Å²) in [6, 6.07) is 19.7. The molecule has 34 heavy (non-hydrogen) atoms. The standard InChI is InChI=1S/C26H28FN3O3S/c1-19-6-10-23(11-7-19)29(2)34(32,33)25-5-3-4-21(16-25)26(31)28-17-20-14-15-30(18-20)24-12-8-22(27)9-13-24/h3-13,16,20H,14-15,17-18H2,1-2H3,(H,28,31). The molecule has 1 fully saturated rings. The van der Waals surface area contributed by atoms with E-state index in [-0.39, 0.29) is 22.5 Å². The molecule has 1 aliphatic rings. The summed E-state index contributed by atoms with van der Waals surface area (Å²) in [7, 11) is -2.31. The van der Waals surface area contributed by atoms with Crippen LogP contribution in [-0.4, -0.2) is 41.0 Å². The van der Waals surface area contributed by atoms with Crippen molar-refractivity contribution in [2.75, 3.05) is 35.9 Å². The first kappa shape index (κ1) is 23.8. The Kier molecular flexibility index (Phi) is 6.88. The quantitative estimate of drug-likeness (QED) is 0.549.